The van der Waals surface area contributed by atoms with Crippen LogP contribution in [0, 0.1) is 11.8 Å². The lowest BCUT2D eigenvalue weighted by Crippen LogP contribution is -2.22. The van der Waals surface area contributed by atoms with E-state index in [9.17, 15) is 4.79 Å². The quantitative estimate of drug-likeness (QED) is 0.806. The van der Waals surface area contributed by atoms with Gasteiger partial charge in [-0.05, 0) is 31.1 Å². The van der Waals surface area contributed by atoms with Crippen LogP contribution in [0.2, 0.25) is 0 Å². The van der Waals surface area contributed by atoms with Gasteiger partial charge in [0.25, 0.3) is 5.56 Å². The predicted molar refractivity (Wildman–Crippen MR) is 63.1 cm³/mol. The number of nitrogens with two attached hydrogens (primary N) is 1. The van der Waals surface area contributed by atoms with Crippen molar-refractivity contribution in [3.05, 3.63) is 27.9 Å². The molecular formula is C12H19N3O. The van der Waals surface area contributed by atoms with Crippen molar-refractivity contribution in [1.29, 1.82) is 0 Å². The molecule has 1 heterocycles. The summed E-state index contributed by atoms with van der Waals surface area (Å²) < 4.78 is 0. The fourth-order valence-corrected chi connectivity index (χ4v) is 1.89. The molecule has 0 aromatic carbocycles. The van der Waals surface area contributed by atoms with Gasteiger partial charge in [-0.1, -0.05) is 13.8 Å². The van der Waals surface area contributed by atoms with Crippen LogP contribution in [0.3, 0.4) is 0 Å². The maximum Gasteiger partial charge on any atom is 0.251 e. The maximum absolute atomic E-state index is 11.5. The van der Waals surface area contributed by atoms with Gasteiger partial charge in [-0.2, -0.15) is 0 Å². The van der Waals surface area contributed by atoms with E-state index in [1.165, 1.54) is 0 Å². The summed E-state index contributed by atoms with van der Waals surface area (Å²) in [5.74, 6) is 1.67. The highest BCUT2D eigenvalue weighted by Gasteiger charge is 2.31. The van der Waals surface area contributed by atoms with Crippen molar-refractivity contribution in [1.82, 2.24) is 9.97 Å². The Balaban J connectivity index is 2.24. The number of aromatic nitrogens is 2. The molecule has 1 atom stereocenters. The molecule has 0 radical (unpaired) electrons. The van der Waals surface area contributed by atoms with E-state index in [1.807, 2.05) is 0 Å². The summed E-state index contributed by atoms with van der Waals surface area (Å²) >= 11 is 0. The summed E-state index contributed by atoms with van der Waals surface area (Å²) in [5.41, 5.74) is 6.80. The van der Waals surface area contributed by atoms with Gasteiger partial charge in [-0.3, -0.25) is 4.79 Å². The van der Waals surface area contributed by atoms with Crippen LogP contribution in [0.5, 0.6) is 0 Å². The molecule has 1 fully saturated rings. The SMILES string of the molecule is CC(C)Cc1cc(=O)[nH]c(C(N)C2CC2)n1. The smallest absolute Gasteiger partial charge is 0.251 e. The Kier molecular flexibility index (Phi) is 3.10. The second kappa shape index (κ2) is 4.37. The summed E-state index contributed by atoms with van der Waals surface area (Å²) in [6.07, 6.45) is 3.13. The van der Waals surface area contributed by atoms with Crippen LogP contribution in [0.1, 0.15) is 44.2 Å². The van der Waals surface area contributed by atoms with E-state index in [-0.39, 0.29) is 11.6 Å². The third-order valence-corrected chi connectivity index (χ3v) is 2.88. The van der Waals surface area contributed by atoms with Gasteiger partial charge >= 0.3 is 0 Å². The Morgan fingerprint density at radius 2 is 2.25 bits per heavy atom. The van der Waals surface area contributed by atoms with E-state index < -0.39 is 0 Å². The molecule has 0 amide bonds. The van der Waals surface area contributed by atoms with Crippen LogP contribution in [0.4, 0.5) is 0 Å². The highest BCUT2D eigenvalue weighted by atomic mass is 16.1. The van der Waals surface area contributed by atoms with E-state index in [1.54, 1.807) is 6.07 Å². The average Bonchev–Trinajstić information content (AvgIpc) is 2.97. The minimum Gasteiger partial charge on any atom is -0.321 e. The van der Waals surface area contributed by atoms with Gasteiger partial charge in [-0.25, -0.2) is 4.98 Å². The van der Waals surface area contributed by atoms with E-state index in [2.05, 4.69) is 23.8 Å². The molecule has 3 N–H and O–H groups in total. The molecule has 2 rings (SSSR count). The van der Waals surface area contributed by atoms with Crippen LogP contribution < -0.4 is 11.3 Å². The van der Waals surface area contributed by atoms with Crippen LogP contribution in [0.15, 0.2) is 10.9 Å². The molecule has 1 unspecified atom stereocenters. The maximum atomic E-state index is 11.5. The third-order valence-electron chi connectivity index (χ3n) is 2.88. The van der Waals surface area contributed by atoms with Crippen molar-refractivity contribution >= 4 is 0 Å². The normalized spacial score (nSPS) is 17.8. The second-order valence-electron chi connectivity index (χ2n) is 5.08. The second-order valence-corrected chi connectivity index (χ2v) is 5.08. The molecule has 1 saturated carbocycles. The fourth-order valence-electron chi connectivity index (χ4n) is 1.89. The van der Waals surface area contributed by atoms with Crippen LogP contribution in [-0.4, -0.2) is 9.97 Å². The largest absolute Gasteiger partial charge is 0.321 e. The minimum absolute atomic E-state index is 0.0863. The zero-order valence-electron chi connectivity index (χ0n) is 9.86. The van der Waals surface area contributed by atoms with Gasteiger partial charge in [-0.15, -0.1) is 0 Å². The Morgan fingerprint density at radius 1 is 1.56 bits per heavy atom. The first-order chi connectivity index (χ1) is 7.56. The lowest BCUT2D eigenvalue weighted by Gasteiger charge is -2.11. The van der Waals surface area contributed by atoms with E-state index in [4.69, 9.17) is 5.73 Å². The molecule has 4 heteroatoms. The molecule has 0 spiro atoms. The van der Waals surface area contributed by atoms with Gasteiger partial charge in [0.05, 0.1) is 6.04 Å². The molecule has 0 bridgehead atoms. The molecule has 88 valence electrons. The first-order valence-corrected chi connectivity index (χ1v) is 5.92. The zero-order chi connectivity index (χ0) is 11.7. The molecule has 1 aromatic heterocycles. The standard InChI is InChI=1S/C12H19N3O/c1-7(2)5-9-6-10(16)15-12(14-9)11(13)8-3-4-8/h6-8,11H,3-5,13H2,1-2H3,(H,14,15,16). The summed E-state index contributed by atoms with van der Waals surface area (Å²) in [6.45, 7) is 4.23. The topological polar surface area (TPSA) is 71.8 Å². The van der Waals surface area contributed by atoms with Crippen molar-refractivity contribution in [2.24, 2.45) is 17.6 Å². The molecule has 1 aliphatic rings. The minimum atomic E-state index is -0.0974. The molecule has 16 heavy (non-hydrogen) atoms. The molecule has 1 aromatic rings. The number of hydrogen-bond acceptors (Lipinski definition) is 3. The van der Waals surface area contributed by atoms with Gasteiger partial charge in [0.1, 0.15) is 5.82 Å². The molecule has 0 saturated heterocycles. The van der Waals surface area contributed by atoms with Crippen molar-refractivity contribution in [2.45, 2.75) is 39.2 Å². The fraction of sp³-hybridized carbons (Fsp3) is 0.667. The summed E-state index contributed by atoms with van der Waals surface area (Å²) in [6, 6.07) is 1.48. The molecule has 4 nitrogen and oxygen atoms in total. The van der Waals surface area contributed by atoms with Crippen molar-refractivity contribution in [3.8, 4) is 0 Å². The van der Waals surface area contributed by atoms with Gasteiger partial charge in [0.2, 0.25) is 0 Å². The number of aromatic amines is 1. The Bertz CT molecular complexity index is 421. The Labute approximate surface area is 95.3 Å². The molecule has 1 aliphatic carbocycles. The Morgan fingerprint density at radius 3 is 2.81 bits per heavy atom. The van der Waals surface area contributed by atoms with Crippen LogP contribution >= 0.6 is 0 Å². The van der Waals surface area contributed by atoms with Crippen molar-refractivity contribution in [2.75, 3.05) is 0 Å². The van der Waals surface area contributed by atoms with Crippen molar-refractivity contribution in [3.63, 3.8) is 0 Å². The van der Waals surface area contributed by atoms with Gasteiger partial charge < -0.3 is 10.7 Å². The average molecular weight is 221 g/mol. The number of H-pyrrole nitrogens is 1. The van der Waals surface area contributed by atoms with Gasteiger partial charge in [0, 0.05) is 11.8 Å². The highest BCUT2D eigenvalue weighted by Crippen LogP contribution is 2.38. The first-order valence-electron chi connectivity index (χ1n) is 5.92. The number of nitrogens with one attached hydrogen (secondary N) is 1. The first kappa shape index (κ1) is 11.3. The number of rotatable bonds is 4. The van der Waals surface area contributed by atoms with Gasteiger partial charge in [0.15, 0.2) is 0 Å². The number of hydrogen-bond donors (Lipinski definition) is 2. The Hall–Kier alpha value is -1.16. The highest BCUT2D eigenvalue weighted by molar-refractivity contribution is 5.08. The zero-order valence-corrected chi connectivity index (χ0v) is 9.86. The van der Waals surface area contributed by atoms with Crippen molar-refractivity contribution < 1.29 is 0 Å². The third kappa shape index (κ3) is 2.70. The van der Waals surface area contributed by atoms with Crippen LogP contribution in [0.25, 0.3) is 0 Å². The van der Waals surface area contributed by atoms with Crippen LogP contribution in [-0.2, 0) is 6.42 Å². The summed E-state index contributed by atoms with van der Waals surface area (Å²) in [4.78, 5) is 18.7. The monoisotopic (exact) mass is 221 g/mol. The predicted octanol–water partition coefficient (Wildman–Crippen LogP) is 1.38. The van der Waals surface area contributed by atoms with E-state index in [0.29, 0.717) is 17.7 Å². The van der Waals surface area contributed by atoms with E-state index >= 15 is 0 Å². The molecular weight excluding hydrogens is 202 g/mol. The lowest BCUT2D eigenvalue weighted by atomic mass is 10.1. The summed E-state index contributed by atoms with van der Waals surface area (Å²) in [5, 5.41) is 0. The summed E-state index contributed by atoms with van der Waals surface area (Å²) in [7, 11) is 0. The molecule has 0 aliphatic heterocycles. The lowest BCUT2D eigenvalue weighted by molar-refractivity contribution is 0.574. The van der Waals surface area contributed by atoms with E-state index in [0.717, 1.165) is 25.0 Å². The number of nitrogens with zero attached hydrogens (tertiary/aromatic N) is 1.